The van der Waals surface area contributed by atoms with Crippen LogP contribution in [0, 0.1) is 5.92 Å². The first-order valence-corrected chi connectivity index (χ1v) is 3.71. The minimum atomic E-state index is 0. The van der Waals surface area contributed by atoms with Crippen LogP contribution < -0.4 is 0 Å². The highest BCUT2D eigenvalue weighted by molar-refractivity contribution is 14.1. The fourth-order valence-electron chi connectivity index (χ4n) is 0. The van der Waals surface area contributed by atoms with Gasteiger partial charge in [-0.1, -0.05) is 50.3 Å². The monoisotopic (exact) mass is 238 g/mol. The van der Waals surface area contributed by atoms with Gasteiger partial charge in [-0.15, -0.1) is 0 Å². The molecule has 0 N–H and O–H groups in total. The second-order valence-corrected chi connectivity index (χ2v) is 5.50. The second kappa shape index (κ2) is 4.33. The number of rotatable bonds is 1. The summed E-state index contributed by atoms with van der Waals surface area (Å²) in [7, 11) is 0. The van der Waals surface area contributed by atoms with Crippen LogP contribution in [-0.2, 0) is 0 Å². The third kappa shape index (κ3) is 5.63. The minimum Gasteiger partial charge on any atom is -0.0792 e. The molecule has 0 aromatic carbocycles. The Bertz CT molecular complexity index is 54.0. The third-order valence-corrected chi connectivity index (χ3v) is 2.62. The first kappa shape index (κ1) is 12.2. The van der Waals surface area contributed by atoms with Gasteiger partial charge in [0.2, 0.25) is 0 Å². The Labute approximate surface area is 82.1 Å². The maximum atomic E-state index is 2.47. The summed E-state index contributed by atoms with van der Waals surface area (Å²) < 4.78 is 0.470. The Morgan fingerprint density at radius 3 is 1.38 bits per heavy atom. The highest BCUT2D eigenvalue weighted by Gasteiger charge is 2.16. The van der Waals surface area contributed by atoms with Gasteiger partial charge in [-0.3, -0.25) is 0 Å². The Kier molecular flexibility index (Phi) is 6.61. The fraction of sp³-hybridized carbons (Fsp3) is 1.00. The van der Waals surface area contributed by atoms with E-state index in [1.165, 1.54) is 0 Å². The predicted molar refractivity (Wildman–Crippen MR) is 51.5 cm³/mol. The first-order chi connectivity index (χ1) is 2.94. The molecule has 0 fully saturated rings. The highest BCUT2D eigenvalue weighted by atomic mass is 127. The van der Waals surface area contributed by atoms with Crippen LogP contribution in [0.15, 0.2) is 0 Å². The lowest BCUT2D eigenvalue weighted by atomic mass is 10.0. The van der Waals surface area contributed by atoms with Gasteiger partial charge in [-0.25, -0.2) is 0 Å². The van der Waals surface area contributed by atoms with Crippen molar-refractivity contribution in [3.05, 3.63) is 0 Å². The average molecular weight is 238 g/mol. The summed E-state index contributed by atoms with van der Waals surface area (Å²) in [6, 6.07) is 0. The zero-order valence-corrected chi connectivity index (χ0v) is 7.61. The van der Waals surface area contributed by atoms with Crippen molar-refractivity contribution < 1.29 is 0 Å². The molecule has 48 valence electrons. The Morgan fingerprint density at radius 2 is 1.38 bits per heavy atom. The van der Waals surface area contributed by atoms with Crippen LogP contribution in [-0.4, -0.2) is 26.5 Å². The summed E-state index contributed by atoms with van der Waals surface area (Å²) in [6.45, 7) is 8.98. The van der Waals surface area contributed by atoms with Crippen LogP contribution in [0.1, 0.15) is 27.7 Å². The minimum absolute atomic E-state index is 0. The molecule has 0 spiro atoms. The van der Waals surface area contributed by atoms with Crippen LogP contribution in [0.4, 0.5) is 0 Å². The van der Waals surface area contributed by atoms with Crippen molar-refractivity contribution in [1.29, 1.82) is 0 Å². The highest BCUT2D eigenvalue weighted by Crippen LogP contribution is 2.25. The lowest BCUT2D eigenvalue weighted by molar-refractivity contribution is 0.528. The van der Waals surface area contributed by atoms with Gasteiger partial charge in [0.15, 0.2) is 0 Å². The number of alkyl halides is 1. The van der Waals surface area contributed by atoms with E-state index in [2.05, 4.69) is 50.3 Å². The normalized spacial score (nSPS) is 11.2. The van der Waals surface area contributed by atoms with Gasteiger partial charge in [0.25, 0.3) is 0 Å². The molecule has 0 unspecified atom stereocenters. The van der Waals surface area contributed by atoms with E-state index in [1.807, 2.05) is 0 Å². The van der Waals surface area contributed by atoms with Crippen molar-refractivity contribution in [2.45, 2.75) is 31.1 Å². The van der Waals surface area contributed by atoms with Crippen molar-refractivity contribution in [2.24, 2.45) is 5.92 Å². The van der Waals surface area contributed by atoms with Gasteiger partial charge in [0.1, 0.15) is 0 Å². The van der Waals surface area contributed by atoms with E-state index in [1.54, 1.807) is 0 Å². The van der Waals surface area contributed by atoms with Gasteiger partial charge in [0.05, 0.1) is 0 Å². The zero-order valence-electron chi connectivity index (χ0n) is 5.46. The molecule has 0 aliphatic rings. The molecule has 0 aromatic rings. The summed E-state index contributed by atoms with van der Waals surface area (Å²) in [5.74, 6) is 0.785. The van der Waals surface area contributed by atoms with Crippen LogP contribution in [0.2, 0.25) is 0 Å². The molecule has 0 nitrogen and oxygen atoms in total. The molecule has 2 heteroatoms. The van der Waals surface area contributed by atoms with E-state index in [0.717, 1.165) is 5.92 Å². The molecule has 0 saturated heterocycles. The van der Waals surface area contributed by atoms with E-state index in [-0.39, 0.29) is 23.1 Å². The van der Waals surface area contributed by atoms with Crippen molar-refractivity contribution in [2.75, 3.05) is 0 Å². The summed E-state index contributed by atoms with van der Waals surface area (Å²) in [5, 5.41) is 0. The SMILES string of the molecule is CC(C)C(C)(C)I.[MgH2]. The fourth-order valence-corrected chi connectivity index (χ4v) is 0. The van der Waals surface area contributed by atoms with Crippen LogP contribution in [0.3, 0.4) is 0 Å². The van der Waals surface area contributed by atoms with Gasteiger partial charge in [-0.2, -0.15) is 0 Å². The van der Waals surface area contributed by atoms with E-state index < -0.39 is 0 Å². The van der Waals surface area contributed by atoms with Crippen LogP contribution in [0.5, 0.6) is 0 Å². The van der Waals surface area contributed by atoms with Crippen LogP contribution in [0.25, 0.3) is 0 Å². The van der Waals surface area contributed by atoms with E-state index in [4.69, 9.17) is 0 Å². The average Bonchev–Trinajstić information content (AvgIpc) is 1.31. The van der Waals surface area contributed by atoms with Gasteiger partial charge in [-0.05, 0) is 5.92 Å². The van der Waals surface area contributed by atoms with Crippen molar-refractivity contribution in [3.8, 4) is 0 Å². The molecular formula is C6H15IMg. The van der Waals surface area contributed by atoms with Gasteiger partial charge >= 0.3 is 23.1 Å². The molecule has 0 radical (unpaired) electrons. The molecule has 0 bridgehead atoms. The largest absolute Gasteiger partial charge is 0.316 e. The van der Waals surface area contributed by atoms with Crippen LogP contribution >= 0.6 is 22.6 Å². The third-order valence-electron chi connectivity index (χ3n) is 1.37. The number of hydrogen-bond acceptors (Lipinski definition) is 0. The van der Waals surface area contributed by atoms with Gasteiger partial charge in [0, 0.05) is 3.42 Å². The molecule has 0 saturated carbocycles. The van der Waals surface area contributed by atoms with Gasteiger partial charge < -0.3 is 0 Å². The quantitative estimate of drug-likeness (QED) is 0.372. The molecule has 0 rings (SSSR count). The van der Waals surface area contributed by atoms with Crippen molar-refractivity contribution in [3.63, 3.8) is 0 Å². The molecule has 8 heavy (non-hydrogen) atoms. The maximum Gasteiger partial charge on any atom is 0.316 e. The Morgan fingerprint density at radius 1 is 1.25 bits per heavy atom. The summed E-state index contributed by atoms with van der Waals surface area (Å²) >= 11 is 2.47. The lowest BCUT2D eigenvalue weighted by Crippen LogP contribution is -2.17. The van der Waals surface area contributed by atoms with E-state index >= 15 is 0 Å². The van der Waals surface area contributed by atoms with Crippen molar-refractivity contribution in [1.82, 2.24) is 0 Å². The Hall–Kier alpha value is 1.50. The maximum absolute atomic E-state index is 2.47. The number of hydrogen-bond donors (Lipinski definition) is 0. The molecule has 0 heterocycles. The Balaban J connectivity index is 0. The summed E-state index contributed by atoms with van der Waals surface area (Å²) in [6.07, 6.45) is 0. The molecule has 0 atom stereocenters. The molecule has 0 aliphatic carbocycles. The molecule has 0 aromatic heterocycles. The summed E-state index contributed by atoms with van der Waals surface area (Å²) in [4.78, 5) is 0. The molecule has 0 aliphatic heterocycles. The summed E-state index contributed by atoms with van der Waals surface area (Å²) in [5.41, 5.74) is 0. The number of halogens is 1. The van der Waals surface area contributed by atoms with E-state index in [0.29, 0.717) is 3.42 Å². The molecule has 0 amide bonds. The zero-order chi connectivity index (χ0) is 6.08. The topological polar surface area (TPSA) is 0 Å². The lowest BCUT2D eigenvalue weighted by Gasteiger charge is -2.20. The second-order valence-electron chi connectivity index (χ2n) is 2.72. The standard InChI is InChI=1S/C6H13I.Mg.2H/c1-5(2)6(3,4)7;;;/h5H,1-4H3;;;. The van der Waals surface area contributed by atoms with E-state index in [9.17, 15) is 0 Å². The first-order valence-electron chi connectivity index (χ1n) is 2.63. The molecular weight excluding hydrogens is 223 g/mol. The predicted octanol–water partition coefficient (Wildman–Crippen LogP) is 1.94. The van der Waals surface area contributed by atoms with Crippen molar-refractivity contribution >= 4 is 45.6 Å². The smallest absolute Gasteiger partial charge is 0.0792 e.